The topological polar surface area (TPSA) is 97.3 Å². The van der Waals surface area contributed by atoms with E-state index in [-0.39, 0.29) is 5.69 Å². The third kappa shape index (κ3) is 2.86. The van der Waals surface area contributed by atoms with E-state index in [1.54, 1.807) is 0 Å². The minimum Gasteiger partial charge on any atom is -0.356 e. The van der Waals surface area contributed by atoms with Crippen LogP contribution in [-0.4, -0.2) is 23.0 Å². The van der Waals surface area contributed by atoms with Crippen LogP contribution >= 0.6 is 0 Å². The molecular weight excluding hydrogens is 234 g/mol. The Hall–Kier alpha value is -1.89. The van der Waals surface area contributed by atoms with Gasteiger partial charge < -0.3 is 10.3 Å². The first-order chi connectivity index (χ1) is 8.63. The standard InChI is InChI=1S/C11H17N5O2/c1-2-15(7-8-3-4-8)11-6-9(16(17)18)5-10(13-11)14-12/h5-6,8H,2-4,7,12H2,1H3,(H,13,14). The van der Waals surface area contributed by atoms with Crippen molar-refractivity contribution >= 4 is 17.3 Å². The van der Waals surface area contributed by atoms with Gasteiger partial charge in [-0.2, -0.15) is 0 Å². The highest BCUT2D eigenvalue weighted by Gasteiger charge is 2.25. The predicted molar refractivity (Wildman–Crippen MR) is 69.3 cm³/mol. The van der Waals surface area contributed by atoms with Crippen LogP contribution in [0.3, 0.4) is 0 Å². The molecule has 0 amide bonds. The second-order valence-corrected chi connectivity index (χ2v) is 4.45. The second kappa shape index (κ2) is 5.18. The summed E-state index contributed by atoms with van der Waals surface area (Å²) in [5, 5.41) is 10.9. The number of aromatic nitrogens is 1. The smallest absolute Gasteiger partial charge is 0.276 e. The maximum Gasteiger partial charge on any atom is 0.276 e. The number of nitrogens with one attached hydrogen (secondary N) is 1. The van der Waals surface area contributed by atoms with Gasteiger partial charge in [-0.25, -0.2) is 10.8 Å². The summed E-state index contributed by atoms with van der Waals surface area (Å²) < 4.78 is 0. The number of pyridine rings is 1. The van der Waals surface area contributed by atoms with Crippen molar-refractivity contribution in [1.82, 2.24) is 4.98 Å². The minimum absolute atomic E-state index is 0.00203. The summed E-state index contributed by atoms with van der Waals surface area (Å²) in [4.78, 5) is 16.7. The van der Waals surface area contributed by atoms with Gasteiger partial charge >= 0.3 is 0 Å². The number of hydrogen-bond donors (Lipinski definition) is 2. The van der Waals surface area contributed by atoms with Crippen LogP contribution in [0.15, 0.2) is 12.1 Å². The van der Waals surface area contributed by atoms with E-state index in [0.29, 0.717) is 17.6 Å². The molecule has 0 atom stereocenters. The van der Waals surface area contributed by atoms with Gasteiger partial charge in [0.15, 0.2) is 0 Å². The fourth-order valence-electron chi connectivity index (χ4n) is 1.84. The van der Waals surface area contributed by atoms with E-state index < -0.39 is 4.92 Å². The van der Waals surface area contributed by atoms with Gasteiger partial charge in [0.2, 0.25) is 0 Å². The average Bonchev–Trinajstić information content (AvgIpc) is 3.19. The van der Waals surface area contributed by atoms with Gasteiger partial charge in [-0.05, 0) is 25.7 Å². The molecule has 98 valence electrons. The normalized spacial score (nSPS) is 14.3. The van der Waals surface area contributed by atoms with Crippen molar-refractivity contribution in [2.24, 2.45) is 11.8 Å². The molecule has 0 bridgehead atoms. The zero-order chi connectivity index (χ0) is 13.1. The van der Waals surface area contributed by atoms with Crippen molar-refractivity contribution in [3.05, 3.63) is 22.2 Å². The highest BCUT2D eigenvalue weighted by atomic mass is 16.6. The van der Waals surface area contributed by atoms with Gasteiger partial charge in [-0.15, -0.1) is 0 Å². The first-order valence-electron chi connectivity index (χ1n) is 6.02. The molecule has 0 aliphatic heterocycles. The number of nitrogens with two attached hydrogens (primary N) is 1. The number of anilines is 2. The zero-order valence-corrected chi connectivity index (χ0v) is 10.3. The summed E-state index contributed by atoms with van der Waals surface area (Å²) in [6.07, 6.45) is 2.46. The Morgan fingerprint density at radius 3 is 2.83 bits per heavy atom. The lowest BCUT2D eigenvalue weighted by Crippen LogP contribution is -2.26. The van der Waals surface area contributed by atoms with Crippen LogP contribution < -0.4 is 16.2 Å². The van der Waals surface area contributed by atoms with E-state index in [9.17, 15) is 10.1 Å². The molecule has 18 heavy (non-hydrogen) atoms. The fraction of sp³-hybridized carbons (Fsp3) is 0.545. The molecule has 3 N–H and O–H groups in total. The Morgan fingerprint density at radius 2 is 2.33 bits per heavy atom. The molecule has 1 aromatic heterocycles. The SMILES string of the molecule is CCN(CC1CC1)c1cc([N+](=O)[O-])cc(NN)n1. The molecule has 7 heteroatoms. The van der Waals surface area contributed by atoms with Crippen LogP contribution in [0, 0.1) is 16.0 Å². The molecule has 1 aliphatic rings. The summed E-state index contributed by atoms with van der Waals surface area (Å²) in [5.74, 6) is 6.90. The first-order valence-corrected chi connectivity index (χ1v) is 6.02. The van der Waals surface area contributed by atoms with Gasteiger partial charge in [0.25, 0.3) is 5.69 Å². The van der Waals surface area contributed by atoms with E-state index in [1.807, 2.05) is 11.8 Å². The van der Waals surface area contributed by atoms with Gasteiger partial charge in [0, 0.05) is 13.1 Å². The van der Waals surface area contributed by atoms with E-state index in [2.05, 4.69) is 10.4 Å². The second-order valence-electron chi connectivity index (χ2n) is 4.45. The number of hydrazine groups is 1. The molecule has 0 spiro atoms. The van der Waals surface area contributed by atoms with Crippen LogP contribution in [0.4, 0.5) is 17.3 Å². The van der Waals surface area contributed by atoms with Crippen LogP contribution in [0.25, 0.3) is 0 Å². The van der Waals surface area contributed by atoms with Crippen LogP contribution in [-0.2, 0) is 0 Å². The van der Waals surface area contributed by atoms with E-state index in [1.165, 1.54) is 25.0 Å². The molecule has 1 fully saturated rings. The Morgan fingerprint density at radius 1 is 1.61 bits per heavy atom. The molecule has 7 nitrogen and oxygen atoms in total. The molecule has 0 radical (unpaired) electrons. The Labute approximate surface area is 105 Å². The summed E-state index contributed by atoms with van der Waals surface area (Å²) in [6.45, 7) is 3.68. The van der Waals surface area contributed by atoms with Gasteiger partial charge in [-0.1, -0.05) is 0 Å². The molecule has 2 rings (SSSR count). The summed E-state index contributed by atoms with van der Waals surface area (Å²) in [5.41, 5.74) is 2.37. The molecule has 1 heterocycles. The molecule has 0 aromatic carbocycles. The number of hydrogen-bond acceptors (Lipinski definition) is 6. The summed E-state index contributed by atoms with van der Waals surface area (Å²) in [6, 6.07) is 2.82. The highest BCUT2D eigenvalue weighted by Crippen LogP contribution is 2.32. The van der Waals surface area contributed by atoms with Crippen molar-refractivity contribution in [2.75, 3.05) is 23.4 Å². The average molecular weight is 251 g/mol. The largest absolute Gasteiger partial charge is 0.356 e. The molecular formula is C11H17N5O2. The van der Waals surface area contributed by atoms with Gasteiger partial charge in [0.1, 0.15) is 11.6 Å². The molecule has 1 aliphatic carbocycles. The number of nitro groups is 1. The van der Waals surface area contributed by atoms with E-state index in [4.69, 9.17) is 5.84 Å². The fourth-order valence-corrected chi connectivity index (χ4v) is 1.84. The lowest BCUT2D eigenvalue weighted by molar-refractivity contribution is -0.384. The van der Waals surface area contributed by atoms with Gasteiger partial charge in [0.05, 0.1) is 17.1 Å². The van der Waals surface area contributed by atoms with Gasteiger partial charge in [-0.3, -0.25) is 10.1 Å². The summed E-state index contributed by atoms with van der Waals surface area (Å²) in [7, 11) is 0. The number of nitrogens with zero attached hydrogens (tertiary/aromatic N) is 3. The Kier molecular flexibility index (Phi) is 3.61. The quantitative estimate of drug-likeness (QED) is 0.452. The van der Waals surface area contributed by atoms with Crippen LogP contribution in [0.5, 0.6) is 0 Å². The monoisotopic (exact) mass is 251 g/mol. The van der Waals surface area contributed by atoms with Crippen molar-refractivity contribution in [3.8, 4) is 0 Å². The van der Waals surface area contributed by atoms with Crippen molar-refractivity contribution in [1.29, 1.82) is 0 Å². The van der Waals surface area contributed by atoms with Crippen LogP contribution in [0.1, 0.15) is 19.8 Å². The molecule has 1 saturated carbocycles. The first kappa shape index (κ1) is 12.6. The maximum absolute atomic E-state index is 10.9. The molecule has 0 saturated heterocycles. The minimum atomic E-state index is -0.434. The van der Waals surface area contributed by atoms with Crippen LogP contribution in [0.2, 0.25) is 0 Å². The highest BCUT2D eigenvalue weighted by molar-refractivity contribution is 5.55. The third-order valence-corrected chi connectivity index (χ3v) is 3.04. The molecule has 1 aromatic rings. The number of rotatable bonds is 6. The maximum atomic E-state index is 10.9. The zero-order valence-electron chi connectivity index (χ0n) is 10.3. The van der Waals surface area contributed by atoms with E-state index in [0.717, 1.165) is 13.1 Å². The predicted octanol–water partition coefficient (Wildman–Crippen LogP) is 1.51. The lowest BCUT2D eigenvalue weighted by atomic mass is 10.3. The third-order valence-electron chi connectivity index (χ3n) is 3.04. The van der Waals surface area contributed by atoms with Crippen molar-refractivity contribution in [2.45, 2.75) is 19.8 Å². The van der Waals surface area contributed by atoms with E-state index >= 15 is 0 Å². The van der Waals surface area contributed by atoms with Crippen molar-refractivity contribution in [3.63, 3.8) is 0 Å². The van der Waals surface area contributed by atoms with Crippen molar-refractivity contribution < 1.29 is 4.92 Å². The Balaban J connectivity index is 2.28. The molecule has 0 unspecified atom stereocenters. The lowest BCUT2D eigenvalue weighted by Gasteiger charge is -2.22. The number of nitrogen functional groups attached to an aromatic ring is 1. The Bertz CT molecular complexity index is 447. The summed E-state index contributed by atoms with van der Waals surface area (Å²) >= 11 is 0.